The van der Waals surface area contributed by atoms with Gasteiger partial charge in [-0.1, -0.05) is 43.6 Å². The van der Waals surface area contributed by atoms with Crippen molar-refractivity contribution in [2.75, 3.05) is 32.7 Å². The van der Waals surface area contributed by atoms with Gasteiger partial charge in [-0.15, -0.1) is 5.10 Å². The highest BCUT2D eigenvalue weighted by Gasteiger charge is 2.20. The fourth-order valence-corrected chi connectivity index (χ4v) is 4.33. The summed E-state index contributed by atoms with van der Waals surface area (Å²) in [6.45, 7) is 10.7. The summed E-state index contributed by atoms with van der Waals surface area (Å²) in [7, 11) is 0. The molecule has 1 saturated heterocycles. The topological polar surface area (TPSA) is 29.2 Å². The molecule has 0 bridgehead atoms. The molecule has 0 amide bonds. The highest BCUT2D eigenvalue weighted by molar-refractivity contribution is 7.71. The zero-order valence-electron chi connectivity index (χ0n) is 17.5. The van der Waals surface area contributed by atoms with Gasteiger partial charge >= 0.3 is 0 Å². The second-order valence-electron chi connectivity index (χ2n) is 8.24. The maximum absolute atomic E-state index is 6.10. The normalized spacial score (nSPS) is 15.7. The number of para-hydroxylation sites is 1. The van der Waals surface area contributed by atoms with E-state index in [1.54, 1.807) is 0 Å². The van der Waals surface area contributed by atoms with Crippen molar-refractivity contribution in [2.45, 2.75) is 20.5 Å². The van der Waals surface area contributed by atoms with Crippen LogP contribution in [0.2, 0.25) is 5.02 Å². The molecule has 3 aromatic rings. The first kappa shape index (κ1) is 21.2. The summed E-state index contributed by atoms with van der Waals surface area (Å²) < 4.78 is 4.70. The van der Waals surface area contributed by atoms with Crippen LogP contribution in [0.5, 0.6) is 0 Å². The molecule has 0 aliphatic carbocycles. The Morgan fingerprint density at radius 3 is 2.20 bits per heavy atom. The van der Waals surface area contributed by atoms with Crippen molar-refractivity contribution >= 4 is 23.8 Å². The van der Waals surface area contributed by atoms with Gasteiger partial charge in [0.2, 0.25) is 4.77 Å². The zero-order chi connectivity index (χ0) is 21.1. The van der Waals surface area contributed by atoms with Crippen LogP contribution < -0.4 is 0 Å². The Bertz CT molecular complexity index is 1020. The molecule has 30 heavy (non-hydrogen) atoms. The molecule has 158 valence electrons. The number of rotatable bonds is 6. The SMILES string of the molecule is CC(C)CN1CCN(Cn2nc(-c3ccc(Cl)cc3)n(-c3ccccc3)c2=S)CC1. The highest BCUT2D eigenvalue weighted by atomic mass is 35.5. The summed E-state index contributed by atoms with van der Waals surface area (Å²) in [5, 5.41) is 5.64. The molecule has 1 aromatic heterocycles. The molecule has 1 aliphatic heterocycles. The van der Waals surface area contributed by atoms with Crippen LogP contribution >= 0.6 is 23.8 Å². The van der Waals surface area contributed by atoms with E-state index in [1.807, 2.05) is 51.7 Å². The lowest BCUT2D eigenvalue weighted by atomic mass is 10.2. The molecule has 4 rings (SSSR count). The van der Waals surface area contributed by atoms with Gasteiger partial charge in [0.25, 0.3) is 0 Å². The lowest BCUT2D eigenvalue weighted by molar-refractivity contribution is 0.0951. The minimum absolute atomic E-state index is 0.702. The van der Waals surface area contributed by atoms with E-state index in [1.165, 1.54) is 0 Å². The summed E-state index contributed by atoms with van der Waals surface area (Å²) in [5.41, 5.74) is 2.01. The number of hydrogen-bond donors (Lipinski definition) is 0. The zero-order valence-corrected chi connectivity index (χ0v) is 19.1. The average Bonchev–Trinajstić information content (AvgIpc) is 3.06. The standard InChI is InChI=1S/C23H28ClN5S/c1-18(2)16-26-12-14-27(15-13-26)17-28-23(30)29(21-6-4-3-5-7-21)22(25-28)19-8-10-20(24)11-9-19/h3-11,18H,12-17H2,1-2H3. The minimum atomic E-state index is 0.702. The molecule has 2 aromatic carbocycles. The number of nitrogens with zero attached hydrogens (tertiary/aromatic N) is 5. The molecule has 5 nitrogen and oxygen atoms in total. The number of benzene rings is 2. The summed E-state index contributed by atoms with van der Waals surface area (Å²) in [6, 6.07) is 17.9. The van der Waals surface area contributed by atoms with Crippen LogP contribution in [0.4, 0.5) is 0 Å². The van der Waals surface area contributed by atoms with Gasteiger partial charge in [-0.3, -0.25) is 9.47 Å². The van der Waals surface area contributed by atoms with Crippen LogP contribution in [-0.2, 0) is 6.67 Å². The fourth-order valence-electron chi connectivity index (χ4n) is 3.91. The van der Waals surface area contributed by atoms with Crippen molar-refractivity contribution in [3.63, 3.8) is 0 Å². The van der Waals surface area contributed by atoms with Crippen molar-refractivity contribution in [1.82, 2.24) is 24.1 Å². The Morgan fingerprint density at radius 1 is 0.933 bits per heavy atom. The molecule has 0 spiro atoms. The van der Waals surface area contributed by atoms with E-state index in [0.717, 1.165) is 49.8 Å². The third-order valence-corrected chi connectivity index (χ3v) is 6.02. The average molecular weight is 442 g/mol. The van der Waals surface area contributed by atoms with Crippen LogP contribution in [0.1, 0.15) is 13.8 Å². The molecule has 0 atom stereocenters. The van der Waals surface area contributed by atoms with Gasteiger partial charge in [0.1, 0.15) is 0 Å². The van der Waals surface area contributed by atoms with Crippen LogP contribution in [-0.4, -0.2) is 56.9 Å². The second-order valence-corrected chi connectivity index (χ2v) is 9.04. The fraction of sp³-hybridized carbons (Fsp3) is 0.391. The summed E-state index contributed by atoms with van der Waals surface area (Å²) in [5.74, 6) is 1.54. The van der Waals surface area contributed by atoms with Crippen molar-refractivity contribution in [1.29, 1.82) is 0 Å². The summed E-state index contributed by atoms with van der Waals surface area (Å²) >= 11 is 12.0. The second kappa shape index (κ2) is 9.43. The van der Waals surface area contributed by atoms with Crippen LogP contribution in [0.25, 0.3) is 17.1 Å². The molecule has 7 heteroatoms. The molecule has 1 aliphatic rings. The monoisotopic (exact) mass is 441 g/mol. The van der Waals surface area contributed by atoms with E-state index in [2.05, 4.69) is 35.8 Å². The Balaban J connectivity index is 1.62. The van der Waals surface area contributed by atoms with Gasteiger partial charge < -0.3 is 4.90 Å². The number of hydrogen-bond acceptors (Lipinski definition) is 4. The smallest absolute Gasteiger partial charge is 0.204 e. The number of halogens is 1. The predicted octanol–water partition coefficient (Wildman–Crippen LogP) is 4.95. The molecule has 0 N–H and O–H groups in total. The van der Waals surface area contributed by atoms with Crippen molar-refractivity contribution in [3.8, 4) is 17.1 Å². The summed E-state index contributed by atoms with van der Waals surface area (Å²) in [6.07, 6.45) is 0. The van der Waals surface area contributed by atoms with E-state index >= 15 is 0 Å². The minimum Gasteiger partial charge on any atom is -0.301 e. The largest absolute Gasteiger partial charge is 0.301 e. The molecular formula is C23H28ClN5S. The van der Waals surface area contributed by atoms with Gasteiger partial charge in [-0.2, -0.15) is 0 Å². The summed E-state index contributed by atoms with van der Waals surface area (Å²) in [4.78, 5) is 4.97. The van der Waals surface area contributed by atoms with E-state index in [9.17, 15) is 0 Å². The molecule has 0 saturated carbocycles. The Labute approximate surface area is 188 Å². The van der Waals surface area contributed by atoms with Crippen LogP contribution in [0.3, 0.4) is 0 Å². The number of aromatic nitrogens is 3. The van der Waals surface area contributed by atoms with E-state index in [-0.39, 0.29) is 0 Å². The van der Waals surface area contributed by atoms with E-state index in [4.69, 9.17) is 28.9 Å². The Kier molecular flexibility index (Phi) is 6.68. The molecule has 1 fully saturated rings. The van der Waals surface area contributed by atoms with Crippen molar-refractivity contribution < 1.29 is 0 Å². The first-order valence-corrected chi connectivity index (χ1v) is 11.3. The molecule has 0 unspecified atom stereocenters. The molecular weight excluding hydrogens is 414 g/mol. The highest BCUT2D eigenvalue weighted by Crippen LogP contribution is 2.24. The first-order chi connectivity index (χ1) is 14.5. The lowest BCUT2D eigenvalue weighted by Crippen LogP contribution is -2.47. The van der Waals surface area contributed by atoms with E-state index in [0.29, 0.717) is 22.4 Å². The van der Waals surface area contributed by atoms with Crippen LogP contribution in [0, 0.1) is 10.7 Å². The lowest BCUT2D eigenvalue weighted by Gasteiger charge is -2.35. The van der Waals surface area contributed by atoms with Gasteiger partial charge in [-0.25, -0.2) is 4.68 Å². The van der Waals surface area contributed by atoms with Gasteiger partial charge in [0.15, 0.2) is 5.82 Å². The maximum Gasteiger partial charge on any atom is 0.204 e. The third-order valence-electron chi connectivity index (χ3n) is 5.38. The van der Waals surface area contributed by atoms with Crippen LogP contribution in [0.15, 0.2) is 54.6 Å². The number of piperazine rings is 1. The molecule has 2 heterocycles. The Hall–Kier alpha value is -1.99. The molecule has 0 radical (unpaired) electrons. The maximum atomic E-state index is 6.10. The van der Waals surface area contributed by atoms with Gasteiger partial charge in [-0.05, 0) is 54.5 Å². The van der Waals surface area contributed by atoms with Crippen molar-refractivity contribution in [3.05, 3.63) is 64.4 Å². The van der Waals surface area contributed by atoms with Gasteiger partial charge in [0, 0.05) is 49.0 Å². The third kappa shape index (κ3) is 4.83. The van der Waals surface area contributed by atoms with Gasteiger partial charge in [0.05, 0.1) is 6.67 Å². The van der Waals surface area contributed by atoms with E-state index < -0.39 is 0 Å². The first-order valence-electron chi connectivity index (χ1n) is 10.5. The predicted molar refractivity (Wildman–Crippen MR) is 126 cm³/mol. The quantitative estimate of drug-likeness (QED) is 0.506. The Morgan fingerprint density at radius 2 is 1.57 bits per heavy atom. The van der Waals surface area contributed by atoms with Crippen molar-refractivity contribution in [2.24, 2.45) is 5.92 Å².